The minimum Gasteiger partial charge on any atom is -0.307 e. The highest BCUT2D eigenvalue weighted by Gasteiger charge is 2.33. The van der Waals surface area contributed by atoms with Crippen molar-refractivity contribution in [1.82, 2.24) is 9.55 Å². The molecular formula is C26H26F3N3O2. The van der Waals surface area contributed by atoms with Crippen molar-refractivity contribution in [3.8, 4) is 0 Å². The standard InChI is InChI=1S/C26H26F3N3O2/c1-3-20(33)15-17-7-4-5-10-22(17)32-23-12-11-16(2)13-21(23)30-25(32)31-24(34)18-8-6-9-19(14-18)26(27,28)29/h3,6,8-9,11-14,17,22H,1,4-5,7,10,15H2,2H3,(H,30,31,34)/t17-,22?/m0/s1. The molecule has 5 nitrogen and oxygen atoms in total. The molecule has 34 heavy (non-hydrogen) atoms. The Morgan fingerprint density at radius 2 is 1.94 bits per heavy atom. The van der Waals surface area contributed by atoms with E-state index >= 15 is 0 Å². The minimum absolute atomic E-state index is 0.0354. The molecule has 1 aliphatic rings. The van der Waals surface area contributed by atoms with E-state index in [1.165, 1.54) is 18.2 Å². The molecule has 2 atom stereocenters. The quantitative estimate of drug-likeness (QED) is 0.420. The average Bonchev–Trinajstić information content (AvgIpc) is 3.15. The van der Waals surface area contributed by atoms with Crippen molar-refractivity contribution in [3.05, 3.63) is 71.8 Å². The first-order valence-electron chi connectivity index (χ1n) is 11.3. The number of amides is 1. The average molecular weight is 470 g/mol. The lowest BCUT2D eigenvalue weighted by Crippen LogP contribution is -2.27. The number of aromatic nitrogens is 2. The van der Waals surface area contributed by atoms with Gasteiger partial charge in [0.15, 0.2) is 5.78 Å². The summed E-state index contributed by atoms with van der Waals surface area (Å²) in [6.07, 6.45) is 0.767. The van der Waals surface area contributed by atoms with Crippen molar-refractivity contribution in [3.63, 3.8) is 0 Å². The van der Waals surface area contributed by atoms with E-state index in [0.717, 1.165) is 48.9 Å². The maximum absolute atomic E-state index is 13.1. The van der Waals surface area contributed by atoms with Crippen LogP contribution in [0.5, 0.6) is 0 Å². The lowest BCUT2D eigenvalue weighted by Gasteiger charge is -2.33. The number of rotatable bonds is 6. The molecule has 4 rings (SSSR count). The third kappa shape index (κ3) is 4.90. The van der Waals surface area contributed by atoms with Gasteiger partial charge in [-0.3, -0.25) is 14.9 Å². The van der Waals surface area contributed by atoms with E-state index in [0.29, 0.717) is 11.9 Å². The number of hydrogen-bond donors (Lipinski definition) is 1. The zero-order chi connectivity index (χ0) is 24.5. The molecule has 1 fully saturated rings. The number of aryl methyl sites for hydroxylation is 1. The zero-order valence-electron chi connectivity index (χ0n) is 18.9. The fraction of sp³-hybridized carbons (Fsp3) is 0.346. The van der Waals surface area contributed by atoms with Gasteiger partial charge in [-0.05, 0) is 67.7 Å². The molecule has 3 aromatic rings. The second kappa shape index (κ2) is 9.44. The molecule has 1 aromatic heterocycles. The lowest BCUT2D eigenvalue weighted by molar-refractivity contribution is -0.137. The highest BCUT2D eigenvalue weighted by atomic mass is 19.4. The van der Waals surface area contributed by atoms with Crippen LogP contribution >= 0.6 is 0 Å². The van der Waals surface area contributed by atoms with Crippen LogP contribution in [0.2, 0.25) is 0 Å². The van der Waals surface area contributed by atoms with Gasteiger partial charge in [0.25, 0.3) is 5.91 Å². The highest BCUT2D eigenvalue weighted by Crippen LogP contribution is 2.40. The Labute approximate surface area is 195 Å². The Hall–Kier alpha value is -3.42. The molecule has 0 radical (unpaired) electrons. The molecule has 0 saturated heterocycles. The monoisotopic (exact) mass is 469 g/mol. The fourth-order valence-electron chi connectivity index (χ4n) is 4.75. The number of allylic oxidation sites excluding steroid dienone is 1. The van der Waals surface area contributed by atoms with Crippen LogP contribution in [0, 0.1) is 12.8 Å². The number of nitrogens with one attached hydrogen (secondary N) is 1. The first-order chi connectivity index (χ1) is 16.2. The third-order valence-corrected chi connectivity index (χ3v) is 6.41. The van der Waals surface area contributed by atoms with Gasteiger partial charge < -0.3 is 4.57 Å². The predicted molar refractivity (Wildman–Crippen MR) is 125 cm³/mol. The molecule has 0 aliphatic heterocycles. The Bertz CT molecular complexity index is 1250. The summed E-state index contributed by atoms with van der Waals surface area (Å²) >= 11 is 0. The van der Waals surface area contributed by atoms with Crippen molar-refractivity contribution in [2.75, 3.05) is 5.32 Å². The zero-order valence-corrected chi connectivity index (χ0v) is 18.9. The summed E-state index contributed by atoms with van der Waals surface area (Å²) in [6, 6.07) is 10.0. The van der Waals surface area contributed by atoms with E-state index in [1.54, 1.807) is 0 Å². The van der Waals surface area contributed by atoms with Gasteiger partial charge in [-0.2, -0.15) is 13.2 Å². The van der Waals surface area contributed by atoms with Gasteiger partial charge in [-0.15, -0.1) is 0 Å². The van der Waals surface area contributed by atoms with Gasteiger partial charge in [0, 0.05) is 18.0 Å². The van der Waals surface area contributed by atoms with Crippen LogP contribution in [-0.4, -0.2) is 21.2 Å². The lowest BCUT2D eigenvalue weighted by atomic mass is 9.81. The molecule has 0 spiro atoms. The van der Waals surface area contributed by atoms with Gasteiger partial charge in [-0.1, -0.05) is 31.6 Å². The number of carbonyl (C=O) groups excluding carboxylic acids is 2. The molecular weight excluding hydrogens is 443 g/mol. The maximum Gasteiger partial charge on any atom is 0.416 e. The van der Waals surface area contributed by atoms with Crippen LogP contribution in [0.3, 0.4) is 0 Å². The molecule has 1 heterocycles. The third-order valence-electron chi connectivity index (χ3n) is 6.41. The number of hydrogen-bond acceptors (Lipinski definition) is 3. The highest BCUT2D eigenvalue weighted by molar-refractivity contribution is 6.04. The largest absolute Gasteiger partial charge is 0.416 e. The van der Waals surface area contributed by atoms with Crippen LogP contribution in [0.4, 0.5) is 19.1 Å². The van der Waals surface area contributed by atoms with E-state index in [-0.39, 0.29) is 29.3 Å². The number of benzene rings is 2. The maximum atomic E-state index is 13.1. The number of anilines is 1. The van der Waals surface area contributed by atoms with E-state index in [9.17, 15) is 22.8 Å². The molecule has 8 heteroatoms. The van der Waals surface area contributed by atoms with Crippen LogP contribution in [-0.2, 0) is 11.0 Å². The predicted octanol–water partition coefficient (Wildman–Crippen LogP) is 6.49. The first-order valence-corrected chi connectivity index (χ1v) is 11.3. The molecule has 0 bridgehead atoms. The number of nitrogens with zero attached hydrogens (tertiary/aromatic N) is 2. The summed E-state index contributed by atoms with van der Waals surface area (Å²) in [5.74, 6) is -0.395. The second-order valence-corrected chi connectivity index (χ2v) is 8.82. The van der Waals surface area contributed by atoms with Crippen LogP contribution in [0.15, 0.2) is 55.1 Å². The fourth-order valence-corrected chi connectivity index (χ4v) is 4.75. The van der Waals surface area contributed by atoms with Crippen LogP contribution in [0.25, 0.3) is 11.0 Å². The Kier molecular flexibility index (Phi) is 6.59. The van der Waals surface area contributed by atoms with Crippen molar-refractivity contribution in [2.24, 2.45) is 5.92 Å². The van der Waals surface area contributed by atoms with Gasteiger partial charge in [0.05, 0.1) is 16.6 Å². The Morgan fingerprint density at radius 3 is 2.68 bits per heavy atom. The smallest absolute Gasteiger partial charge is 0.307 e. The van der Waals surface area contributed by atoms with Crippen LogP contribution < -0.4 is 5.32 Å². The molecule has 2 aromatic carbocycles. The molecule has 1 unspecified atom stereocenters. The SMILES string of the molecule is C=CC(=O)C[C@@H]1CCCCC1n1c(NC(=O)c2cccc(C(F)(F)F)c2)nc2cc(C)ccc21. The van der Waals surface area contributed by atoms with Gasteiger partial charge in [0.2, 0.25) is 5.95 Å². The minimum atomic E-state index is -4.55. The topological polar surface area (TPSA) is 64.0 Å². The van der Waals surface area contributed by atoms with E-state index in [4.69, 9.17) is 0 Å². The summed E-state index contributed by atoms with van der Waals surface area (Å²) < 4.78 is 41.4. The first kappa shape index (κ1) is 23.7. The van der Waals surface area contributed by atoms with Crippen molar-refractivity contribution in [1.29, 1.82) is 0 Å². The number of carbonyl (C=O) groups is 2. The van der Waals surface area contributed by atoms with Crippen molar-refractivity contribution < 1.29 is 22.8 Å². The number of halogens is 3. The summed E-state index contributed by atoms with van der Waals surface area (Å²) in [4.78, 5) is 29.8. The van der Waals surface area contributed by atoms with E-state index < -0.39 is 17.6 Å². The summed E-state index contributed by atoms with van der Waals surface area (Å²) in [7, 11) is 0. The molecule has 1 N–H and O–H groups in total. The summed E-state index contributed by atoms with van der Waals surface area (Å²) in [6.45, 7) is 5.52. The number of alkyl halides is 3. The van der Waals surface area contributed by atoms with Crippen molar-refractivity contribution in [2.45, 2.75) is 51.2 Å². The molecule has 1 saturated carbocycles. The summed E-state index contributed by atoms with van der Waals surface area (Å²) in [5.41, 5.74) is 1.49. The van der Waals surface area contributed by atoms with Gasteiger partial charge in [0.1, 0.15) is 0 Å². The number of ketones is 1. The number of imidazole rings is 1. The van der Waals surface area contributed by atoms with Gasteiger partial charge >= 0.3 is 6.18 Å². The Morgan fingerprint density at radius 1 is 1.18 bits per heavy atom. The molecule has 178 valence electrons. The normalized spacial score (nSPS) is 18.6. The summed E-state index contributed by atoms with van der Waals surface area (Å²) in [5, 5.41) is 2.74. The van der Waals surface area contributed by atoms with E-state index in [1.807, 2.05) is 29.7 Å². The second-order valence-electron chi connectivity index (χ2n) is 8.82. The number of fused-ring (bicyclic) bond motifs is 1. The Balaban J connectivity index is 1.74. The van der Waals surface area contributed by atoms with E-state index in [2.05, 4.69) is 16.9 Å². The van der Waals surface area contributed by atoms with Crippen LogP contribution in [0.1, 0.15) is 59.6 Å². The van der Waals surface area contributed by atoms with Gasteiger partial charge in [-0.25, -0.2) is 4.98 Å². The molecule has 1 amide bonds. The van der Waals surface area contributed by atoms with Crippen molar-refractivity contribution >= 4 is 28.7 Å². The molecule has 1 aliphatic carbocycles.